The Morgan fingerprint density at radius 2 is 2.00 bits per heavy atom. The predicted molar refractivity (Wildman–Crippen MR) is 64.0 cm³/mol. The zero-order valence-electron chi connectivity index (χ0n) is 9.83. The molecule has 1 saturated heterocycles. The number of hydrogen-bond donors (Lipinski definition) is 2. The lowest BCUT2D eigenvalue weighted by atomic mass is 9.99. The summed E-state index contributed by atoms with van der Waals surface area (Å²) >= 11 is 0. The molecule has 0 saturated carbocycles. The van der Waals surface area contributed by atoms with Gasteiger partial charge in [0, 0.05) is 24.7 Å². The number of hydrogen-bond acceptors (Lipinski definition) is 4. The summed E-state index contributed by atoms with van der Waals surface area (Å²) in [4.78, 5) is 13.7. The first-order valence-corrected chi connectivity index (χ1v) is 5.82. The van der Waals surface area contributed by atoms with Gasteiger partial charge in [-0.05, 0) is 25.0 Å². The Bertz CT molecular complexity index is 487. The maximum Gasteiger partial charge on any atom is 0.254 e. The molecule has 0 aliphatic carbocycles. The highest BCUT2D eigenvalue weighted by atomic mass is 16.3. The number of benzene rings is 1. The van der Waals surface area contributed by atoms with Crippen LogP contribution in [0.4, 0.5) is 0 Å². The Hall–Kier alpha value is -2.22. The average molecular weight is 246 g/mol. The Morgan fingerprint density at radius 1 is 1.33 bits per heavy atom. The van der Waals surface area contributed by atoms with Gasteiger partial charge in [-0.25, -0.2) is 0 Å². The fraction of sp³-hybridized carbons (Fsp3) is 0.385. The molecule has 18 heavy (non-hydrogen) atoms. The molecule has 0 bridgehead atoms. The first-order valence-electron chi connectivity index (χ1n) is 5.82. The number of nitrogens with zero attached hydrogens (tertiary/aromatic N) is 2. The molecule has 1 aromatic carbocycles. The molecule has 2 rings (SSSR count). The Balaban J connectivity index is 2.18. The molecule has 1 aliphatic heterocycles. The second-order valence-electron chi connectivity index (χ2n) is 4.46. The van der Waals surface area contributed by atoms with Crippen molar-refractivity contribution < 1.29 is 15.0 Å². The van der Waals surface area contributed by atoms with Gasteiger partial charge in [0.2, 0.25) is 0 Å². The summed E-state index contributed by atoms with van der Waals surface area (Å²) in [5.41, 5.74) is 0.242. The molecule has 1 aliphatic rings. The lowest BCUT2D eigenvalue weighted by Crippen LogP contribution is -2.39. The van der Waals surface area contributed by atoms with Crippen LogP contribution < -0.4 is 0 Å². The third kappa shape index (κ3) is 2.54. The number of carbonyl (C=O) groups excluding carboxylic acids is 1. The molecular weight excluding hydrogens is 232 g/mol. The van der Waals surface area contributed by atoms with Crippen molar-refractivity contribution in [1.82, 2.24) is 4.90 Å². The number of phenols is 2. The number of likely N-dealkylation sites (tertiary alicyclic amines) is 1. The summed E-state index contributed by atoms with van der Waals surface area (Å²) < 4.78 is 0. The lowest BCUT2D eigenvalue weighted by Gasteiger charge is -2.29. The maximum atomic E-state index is 12.2. The molecule has 0 aromatic heterocycles. The van der Waals surface area contributed by atoms with Crippen LogP contribution in [-0.4, -0.2) is 34.1 Å². The highest BCUT2D eigenvalue weighted by Crippen LogP contribution is 2.23. The summed E-state index contributed by atoms with van der Waals surface area (Å²) in [7, 11) is 0. The number of nitriles is 1. The second-order valence-corrected chi connectivity index (χ2v) is 4.46. The van der Waals surface area contributed by atoms with E-state index in [0.717, 1.165) is 12.8 Å². The van der Waals surface area contributed by atoms with Crippen molar-refractivity contribution in [3.05, 3.63) is 23.8 Å². The van der Waals surface area contributed by atoms with Gasteiger partial charge in [0.25, 0.3) is 5.91 Å². The van der Waals surface area contributed by atoms with Crippen molar-refractivity contribution in [2.24, 2.45) is 5.92 Å². The van der Waals surface area contributed by atoms with Crippen molar-refractivity contribution >= 4 is 5.91 Å². The zero-order chi connectivity index (χ0) is 13.1. The van der Waals surface area contributed by atoms with Crippen LogP contribution in [0.25, 0.3) is 0 Å². The van der Waals surface area contributed by atoms with Crippen molar-refractivity contribution in [2.45, 2.75) is 12.8 Å². The van der Waals surface area contributed by atoms with Crippen LogP contribution >= 0.6 is 0 Å². The molecule has 1 heterocycles. The van der Waals surface area contributed by atoms with Crippen molar-refractivity contribution in [3.63, 3.8) is 0 Å². The molecule has 0 spiro atoms. The van der Waals surface area contributed by atoms with Gasteiger partial charge >= 0.3 is 0 Å². The average Bonchev–Trinajstić information content (AvgIpc) is 2.37. The van der Waals surface area contributed by atoms with Gasteiger partial charge in [0.15, 0.2) is 0 Å². The van der Waals surface area contributed by atoms with E-state index in [4.69, 9.17) is 5.26 Å². The van der Waals surface area contributed by atoms with E-state index in [0.29, 0.717) is 13.1 Å². The van der Waals surface area contributed by atoms with Crippen LogP contribution in [0.3, 0.4) is 0 Å². The van der Waals surface area contributed by atoms with Crippen LogP contribution in [0.1, 0.15) is 23.2 Å². The van der Waals surface area contributed by atoms with E-state index in [1.807, 2.05) is 0 Å². The summed E-state index contributed by atoms with van der Waals surface area (Å²) in [6.45, 7) is 1.01. The highest BCUT2D eigenvalue weighted by Gasteiger charge is 2.24. The highest BCUT2D eigenvalue weighted by molar-refractivity contribution is 5.95. The monoisotopic (exact) mass is 246 g/mol. The minimum absolute atomic E-state index is 0.131. The fourth-order valence-electron chi connectivity index (χ4n) is 2.17. The third-order valence-corrected chi connectivity index (χ3v) is 3.04. The van der Waals surface area contributed by atoms with E-state index in [-0.39, 0.29) is 28.9 Å². The first-order chi connectivity index (χ1) is 8.60. The van der Waals surface area contributed by atoms with Crippen LogP contribution in [0.15, 0.2) is 18.2 Å². The lowest BCUT2D eigenvalue weighted by molar-refractivity contribution is 0.0698. The molecule has 0 radical (unpaired) electrons. The van der Waals surface area contributed by atoms with E-state index in [1.165, 1.54) is 18.2 Å². The Kier molecular flexibility index (Phi) is 3.38. The molecule has 1 aromatic rings. The van der Waals surface area contributed by atoms with E-state index in [9.17, 15) is 15.0 Å². The standard InChI is InChI=1S/C13H14N2O3/c14-7-9-2-1-3-15(8-9)13(18)10-4-11(16)6-12(17)5-10/h4-6,9,16-17H,1-3,8H2. The summed E-state index contributed by atoms with van der Waals surface area (Å²) in [6, 6.07) is 5.98. The van der Waals surface area contributed by atoms with Crippen LogP contribution in [0.2, 0.25) is 0 Å². The second kappa shape index (κ2) is 4.96. The summed E-state index contributed by atoms with van der Waals surface area (Å²) in [5.74, 6) is -0.686. The summed E-state index contributed by atoms with van der Waals surface area (Å²) in [6.07, 6.45) is 1.61. The molecule has 2 N–H and O–H groups in total. The molecule has 1 unspecified atom stereocenters. The van der Waals surface area contributed by atoms with E-state index < -0.39 is 0 Å². The SMILES string of the molecule is N#CC1CCCN(C(=O)c2cc(O)cc(O)c2)C1. The number of carbonyl (C=O) groups is 1. The van der Waals surface area contributed by atoms with Crippen molar-refractivity contribution in [1.29, 1.82) is 5.26 Å². The van der Waals surface area contributed by atoms with Crippen LogP contribution in [0.5, 0.6) is 11.5 Å². The molecule has 1 atom stereocenters. The Labute approximate surface area is 105 Å². The van der Waals surface area contributed by atoms with Crippen LogP contribution in [-0.2, 0) is 0 Å². The molecule has 1 fully saturated rings. The minimum Gasteiger partial charge on any atom is -0.508 e. The van der Waals surface area contributed by atoms with E-state index in [1.54, 1.807) is 4.90 Å². The van der Waals surface area contributed by atoms with Gasteiger partial charge in [-0.3, -0.25) is 4.79 Å². The molecule has 94 valence electrons. The van der Waals surface area contributed by atoms with Gasteiger partial charge in [0.1, 0.15) is 11.5 Å². The number of rotatable bonds is 1. The number of piperidine rings is 1. The van der Waals surface area contributed by atoms with E-state index in [2.05, 4.69) is 6.07 Å². The van der Waals surface area contributed by atoms with Gasteiger partial charge < -0.3 is 15.1 Å². The Morgan fingerprint density at radius 3 is 2.61 bits per heavy atom. The maximum absolute atomic E-state index is 12.2. The topological polar surface area (TPSA) is 84.6 Å². The number of aromatic hydroxyl groups is 2. The molecule has 5 heteroatoms. The molecule has 5 nitrogen and oxygen atoms in total. The first kappa shape index (κ1) is 12.2. The number of phenolic OH excluding ortho intramolecular Hbond substituents is 2. The predicted octanol–water partition coefficient (Wildman–Crippen LogP) is 1.47. The molecule has 1 amide bonds. The van der Waals surface area contributed by atoms with Gasteiger partial charge in [-0.15, -0.1) is 0 Å². The van der Waals surface area contributed by atoms with Crippen molar-refractivity contribution in [3.8, 4) is 17.6 Å². The third-order valence-electron chi connectivity index (χ3n) is 3.04. The fourth-order valence-corrected chi connectivity index (χ4v) is 2.17. The van der Waals surface area contributed by atoms with Gasteiger partial charge in [-0.2, -0.15) is 5.26 Å². The van der Waals surface area contributed by atoms with Gasteiger partial charge in [-0.1, -0.05) is 0 Å². The molecular formula is C13H14N2O3. The smallest absolute Gasteiger partial charge is 0.254 e. The number of amides is 1. The van der Waals surface area contributed by atoms with Gasteiger partial charge in [0.05, 0.1) is 12.0 Å². The quantitative estimate of drug-likeness (QED) is 0.785. The largest absolute Gasteiger partial charge is 0.508 e. The normalized spacial score (nSPS) is 19.3. The van der Waals surface area contributed by atoms with E-state index >= 15 is 0 Å². The minimum atomic E-state index is -0.263. The zero-order valence-corrected chi connectivity index (χ0v) is 9.83. The van der Waals surface area contributed by atoms with Crippen molar-refractivity contribution in [2.75, 3.05) is 13.1 Å². The van der Waals surface area contributed by atoms with Crippen LogP contribution in [0, 0.1) is 17.2 Å². The summed E-state index contributed by atoms with van der Waals surface area (Å²) in [5, 5.41) is 27.6.